The van der Waals surface area contributed by atoms with Gasteiger partial charge in [-0.05, 0) is 20.0 Å². The molecule has 0 bridgehead atoms. The van der Waals surface area contributed by atoms with Crippen LogP contribution >= 0.6 is 11.6 Å². The normalized spacial score (nSPS) is 12.9. The largest absolute Gasteiger partial charge is 0.494 e. The molecule has 0 aromatic heterocycles. The van der Waals surface area contributed by atoms with Gasteiger partial charge in [0.15, 0.2) is 11.6 Å². The maximum Gasteiger partial charge on any atom is 0.169 e. The first kappa shape index (κ1) is 13.3. The molecule has 1 aromatic carbocycles. The number of methoxy groups -OCH3 is 1. The van der Waals surface area contributed by atoms with E-state index in [2.05, 4.69) is 0 Å². The van der Waals surface area contributed by atoms with Gasteiger partial charge in [0, 0.05) is 24.0 Å². The first-order chi connectivity index (χ1) is 7.54. The molecule has 0 saturated heterocycles. The number of halogens is 2. The molecule has 1 aromatic rings. The number of ether oxygens (including phenoxy) is 1. The third-order valence-corrected chi connectivity index (χ3v) is 2.40. The molecular formula is C12H17ClFNO. The van der Waals surface area contributed by atoms with Gasteiger partial charge in [0.25, 0.3) is 0 Å². The number of hydrogen-bond acceptors (Lipinski definition) is 2. The van der Waals surface area contributed by atoms with Crippen LogP contribution in [0.3, 0.4) is 0 Å². The lowest BCUT2D eigenvalue weighted by Crippen LogP contribution is -2.24. The molecule has 1 unspecified atom stereocenters. The summed E-state index contributed by atoms with van der Waals surface area (Å²) in [5.74, 6) is -0.0103. The molecule has 0 heterocycles. The molecule has 0 N–H and O–H groups in total. The van der Waals surface area contributed by atoms with E-state index in [0.717, 1.165) is 6.54 Å². The molecule has 0 spiro atoms. The topological polar surface area (TPSA) is 12.5 Å². The van der Waals surface area contributed by atoms with Gasteiger partial charge in [-0.25, -0.2) is 4.39 Å². The predicted molar refractivity (Wildman–Crippen MR) is 64.6 cm³/mol. The van der Waals surface area contributed by atoms with Gasteiger partial charge in [-0.1, -0.05) is 12.1 Å². The maximum absolute atomic E-state index is 13.8. The monoisotopic (exact) mass is 245 g/mol. The van der Waals surface area contributed by atoms with Gasteiger partial charge in [0.05, 0.1) is 7.11 Å². The molecule has 0 saturated carbocycles. The Morgan fingerprint density at radius 2 is 2.19 bits per heavy atom. The Kier molecular flexibility index (Phi) is 5.03. The van der Waals surface area contributed by atoms with E-state index < -0.39 is 0 Å². The van der Waals surface area contributed by atoms with E-state index in [0.29, 0.717) is 12.1 Å². The highest BCUT2D eigenvalue weighted by molar-refractivity contribution is 6.20. The van der Waals surface area contributed by atoms with Crippen LogP contribution in [0.4, 0.5) is 4.39 Å². The van der Waals surface area contributed by atoms with Crippen molar-refractivity contribution in [3.63, 3.8) is 0 Å². The molecule has 0 amide bonds. The summed E-state index contributed by atoms with van der Waals surface area (Å²) in [6.45, 7) is 3.16. The molecule has 0 aliphatic rings. The van der Waals surface area contributed by atoms with Crippen LogP contribution in [0.15, 0.2) is 18.2 Å². The van der Waals surface area contributed by atoms with E-state index in [1.165, 1.54) is 7.11 Å². The van der Waals surface area contributed by atoms with Crippen molar-refractivity contribution >= 4 is 11.6 Å². The Morgan fingerprint density at radius 3 is 2.75 bits per heavy atom. The van der Waals surface area contributed by atoms with Crippen LogP contribution in [-0.2, 0) is 6.54 Å². The molecular weight excluding hydrogens is 229 g/mol. The van der Waals surface area contributed by atoms with Crippen molar-refractivity contribution in [2.24, 2.45) is 0 Å². The van der Waals surface area contributed by atoms with Crippen LogP contribution in [0, 0.1) is 5.82 Å². The fourth-order valence-electron chi connectivity index (χ4n) is 1.62. The van der Waals surface area contributed by atoms with Crippen LogP contribution in [0.2, 0.25) is 0 Å². The summed E-state index contributed by atoms with van der Waals surface area (Å²) in [5.41, 5.74) is 0.624. The number of hydrogen-bond donors (Lipinski definition) is 0. The highest BCUT2D eigenvalue weighted by Crippen LogP contribution is 2.20. The van der Waals surface area contributed by atoms with E-state index in [4.69, 9.17) is 16.3 Å². The van der Waals surface area contributed by atoms with E-state index >= 15 is 0 Å². The summed E-state index contributed by atoms with van der Waals surface area (Å²) < 4.78 is 18.7. The third-order valence-electron chi connectivity index (χ3n) is 2.27. The highest BCUT2D eigenvalue weighted by atomic mass is 35.5. The van der Waals surface area contributed by atoms with Crippen molar-refractivity contribution in [3.8, 4) is 5.75 Å². The zero-order valence-electron chi connectivity index (χ0n) is 9.84. The fraction of sp³-hybridized carbons (Fsp3) is 0.500. The molecule has 0 radical (unpaired) electrons. The quantitative estimate of drug-likeness (QED) is 0.740. The highest BCUT2D eigenvalue weighted by Gasteiger charge is 2.11. The summed E-state index contributed by atoms with van der Waals surface area (Å²) in [4.78, 5) is 1.98. The van der Waals surface area contributed by atoms with Crippen LogP contribution in [0.1, 0.15) is 12.5 Å². The van der Waals surface area contributed by atoms with Crippen molar-refractivity contribution in [1.82, 2.24) is 4.90 Å². The number of alkyl halides is 1. The summed E-state index contributed by atoms with van der Waals surface area (Å²) in [7, 11) is 3.38. The molecule has 4 heteroatoms. The van der Waals surface area contributed by atoms with Gasteiger partial charge in [-0.15, -0.1) is 11.6 Å². The van der Waals surface area contributed by atoms with Crippen molar-refractivity contribution in [2.75, 3.05) is 20.7 Å². The minimum absolute atomic E-state index is 0.0543. The number of nitrogens with zero attached hydrogens (tertiary/aromatic N) is 1. The maximum atomic E-state index is 13.8. The van der Waals surface area contributed by atoms with Gasteiger partial charge in [-0.3, -0.25) is 0 Å². The van der Waals surface area contributed by atoms with Gasteiger partial charge < -0.3 is 9.64 Å². The minimum atomic E-state index is -0.293. The van der Waals surface area contributed by atoms with Crippen molar-refractivity contribution < 1.29 is 9.13 Å². The zero-order valence-corrected chi connectivity index (χ0v) is 10.6. The van der Waals surface area contributed by atoms with Gasteiger partial charge in [0.1, 0.15) is 0 Å². The second kappa shape index (κ2) is 6.06. The third kappa shape index (κ3) is 3.65. The summed E-state index contributed by atoms with van der Waals surface area (Å²) in [5, 5.41) is 0.0543. The van der Waals surface area contributed by atoms with E-state index in [1.807, 2.05) is 18.9 Å². The number of rotatable bonds is 5. The summed E-state index contributed by atoms with van der Waals surface area (Å²) >= 11 is 5.88. The first-order valence-electron chi connectivity index (χ1n) is 5.18. The molecule has 1 rings (SSSR count). The Labute approximate surface area is 101 Å². The van der Waals surface area contributed by atoms with Gasteiger partial charge in [-0.2, -0.15) is 0 Å². The smallest absolute Gasteiger partial charge is 0.169 e. The van der Waals surface area contributed by atoms with E-state index in [1.54, 1.807) is 18.2 Å². The lowest BCUT2D eigenvalue weighted by molar-refractivity contribution is 0.319. The van der Waals surface area contributed by atoms with Crippen LogP contribution in [0.25, 0.3) is 0 Å². The molecule has 0 aliphatic heterocycles. The molecule has 1 atom stereocenters. The summed E-state index contributed by atoms with van der Waals surface area (Å²) in [6.07, 6.45) is 0. The Balaban J connectivity index is 2.73. The first-order valence-corrected chi connectivity index (χ1v) is 5.62. The second-order valence-electron chi connectivity index (χ2n) is 3.91. The standard InChI is InChI=1S/C12H17ClFNO/c1-9(13)7-15(2)8-10-5-4-6-11(16-3)12(10)14/h4-6,9H,7-8H2,1-3H3. The van der Waals surface area contributed by atoms with Gasteiger partial charge in [0.2, 0.25) is 0 Å². The SMILES string of the molecule is COc1cccc(CN(C)CC(C)Cl)c1F. The molecule has 16 heavy (non-hydrogen) atoms. The Bertz CT molecular complexity index is 344. The van der Waals surface area contributed by atoms with Crippen LogP contribution in [-0.4, -0.2) is 31.0 Å². The lowest BCUT2D eigenvalue weighted by atomic mass is 10.2. The van der Waals surface area contributed by atoms with Crippen LogP contribution in [0.5, 0.6) is 5.75 Å². The minimum Gasteiger partial charge on any atom is -0.494 e. The zero-order chi connectivity index (χ0) is 12.1. The lowest BCUT2D eigenvalue weighted by Gasteiger charge is -2.18. The van der Waals surface area contributed by atoms with Crippen molar-refractivity contribution in [1.29, 1.82) is 0 Å². The number of benzene rings is 1. The second-order valence-corrected chi connectivity index (χ2v) is 4.66. The summed E-state index contributed by atoms with van der Waals surface area (Å²) in [6, 6.07) is 5.16. The van der Waals surface area contributed by atoms with Gasteiger partial charge >= 0.3 is 0 Å². The van der Waals surface area contributed by atoms with Crippen molar-refractivity contribution in [3.05, 3.63) is 29.6 Å². The molecule has 0 fully saturated rings. The Morgan fingerprint density at radius 1 is 1.50 bits per heavy atom. The van der Waals surface area contributed by atoms with E-state index in [9.17, 15) is 4.39 Å². The molecule has 90 valence electrons. The van der Waals surface area contributed by atoms with Crippen molar-refractivity contribution in [2.45, 2.75) is 18.8 Å². The molecule has 0 aliphatic carbocycles. The predicted octanol–water partition coefficient (Wildman–Crippen LogP) is 2.89. The Hall–Kier alpha value is -0.800. The van der Waals surface area contributed by atoms with E-state index in [-0.39, 0.29) is 16.9 Å². The average molecular weight is 246 g/mol. The fourth-order valence-corrected chi connectivity index (χ4v) is 1.86. The average Bonchev–Trinajstić information content (AvgIpc) is 2.20. The molecule has 2 nitrogen and oxygen atoms in total. The van der Waals surface area contributed by atoms with Crippen LogP contribution < -0.4 is 4.74 Å².